The number of nitrogens with one attached hydrogen (secondary N) is 2. The van der Waals surface area contributed by atoms with Gasteiger partial charge in [0.25, 0.3) is 0 Å². The fourth-order valence-corrected chi connectivity index (χ4v) is 2.19. The monoisotopic (exact) mass is 355 g/mol. The van der Waals surface area contributed by atoms with Crippen LogP contribution in [0.5, 0.6) is 5.75 Å². The smallest absolute Gasteiger partial charge is 0.239 e. The molecule has 0 radical (unpaired) electrons. The normalized spacial score (nSPS) is 11.1. The minimum atomic E-state index is -1.21. The first-order chi connectivity index (χ1) is 12.3. The zero-order valence-corrected chi connectivity index (χ0v) is 15.6. The molecule has 0 unspecified atom stereocenters. The zero-order valence-electron chi connectivity index (χ0n) is 15.6. The van der Waals surface area contributed by atoms with Gasteiger partial charge in [-0.3, -0.25) is 14.6 Å². The maximum Gasteiger partial charge on any atom is 0.239 e. The van der Waals surface area contributed by atoms with Gasteiger partial charge in [0.2, 0.25) is 11.8 Å². The van der Waals surface area contributed by atoms with Crippen molar-refractivity contribution in [2.75, 3.05) is 5.32 Å². The summed E-state index contributed by atoms with van der Waals surface area (Å²) in [5.41, 5.74) is 0.270. The summed E-state index contributed by atoms with van der Waals surface area (Å²) in [5.74, 6) is 0.00352. The van der Waals surface area contributed by atoms with Crippen molar-refractivity contribution in [3.8, 4) is 5.75 Å². The van der Waals surface area contributed by atoms with E-state index in [1.807, 2.05) is 19.9 Å². The number of hydrogen-bond donors (Lipinski definition) is 2. The molecule has 0 fully saturated rings. The molecule has 0 atom stereocenters. The van der Waals surface area contributed by atoms with Crippen LogP contribution in [0.2, 0.25) is 0 Å². The third-order valence-corrected chi connectivity index (χ3v) is 3.80. The summed E-state index contributed by atoms with van der Waals surface area (Å²) in [4.78, 5) is 29.0. The van der Waals surface area contributed by atoms with Gasteiger partial charge in [0, 0.05) is 24.6 Å². The zero-order chi connectivity index (χ0) is 19.2. The molecule has 0 bridgehead atoms. The first kappa shape index (κ1) is 19.4. The first-order valence-corrected chi connectivity index (χ1v) is 8.54. The Morgan fingerprint density at radius 1 is 1.12 bits per heavy atom. The number of aromatic nitrogens is 1. The second-order valence-electron chi connectivity index (χ2n) is 6.81. The highest BCUT2D eigenvalue weighted by Gasteiger charge is 2.35. The fourth-order valence-electron chi connectivity index (χ4n) is 2.19. The summed E-state index contributed by atoms with van der Waals surface area (Å²) in [6, 6.07) is 10.7. The largest absolute Gasteiger partial charge is 0.491 e. The number of carbonyl (C=O) groups excluding carboxylic acids is 2. The molecule has 2 rings (SSSR count). The van der Waals surface area contributed by atoms with E-state index in [1.165, 1.54) is 0 Å². The number of pyridine rings is 1. The summed E-state index contributed by atoms with van der Waals surface area (Å²) < 4.78 is 5.57. The van der Waals surface area contributed by atoms with E-state index >= 15 is 0 Å². The summed E-state index contributed by atoms with van der Waals surface area (Å²) in [6.07, 6.45) is 3.42. The van der Waals surface area contributed by atoms with Crippen LogP contribution in [0.25, 0.3) is 0 Å². The van der Waals surface area contributed by atoms with Crippen molar-refractivity contribution in [2.45, 2.75) is 40.3 Å². The maximum absolute atomic E-state index is 12.5. The van der Waals surface area contributed by atoms with Gasteiger partial charge in [-0.1, -0.05) is 6.07 Å². The van der Waals surface area contributed by atoms with Gasteiger partial charge in [-0.25, -0.2) is 0 Å². The lowest BCUT2D eigenvalue weighted by atomic mass is 9.91. The van der Waals surface area contributed by atoms with Gasteiger partial charge in [-0.2, -0.15) is 0 Å². The highest BCUT2D eigenvalue weighted by atomic mass is 16.5. The molecule has 0 saturated carbocycles. The Kier molecular flexibility index (Phi) is 6.33. The number of nitrogens with zero attached hydrogens (tertiary/aromatic N) is 1. The number of benzene rings is 1. The molecule has 6 heteroatoms. The highest BCUT2D eigenvalue weighted by Crippen LogP contribution is 2.21. The van der Waals surface area contributed by atoms with E-state index in [-0.39, 0.29) is 17.9 Å². The minimum Gasteiger partial charge on any atom is -0.491 e. The SMILES string of the molecule is CC(C)Oc1ccc(NC(=O)C(C)(C)C(=O)NCc2cccnc2)cc1. The van der Waals surface area contributed by atoms with Gasteiger partial charge in [0.1, 0.15) is 11.2 Å². The third-order valence-electron chi connectivity index (χ3n) is 3.80. The van der Waals surface area contributed by atoms with Crippen LogP contribution in [0.1, 0.15) is 33.3 Å². The molecular formula is C20H25N3O3. The number of rotatable bonds is 7. The highest BCUT2D eigenvalue weighted by molar-refractivity contribution is 6.09. The molecule has 0 aliphatic rings. The number of hydrogen-bond acceptors (Lipinski definition) is 4. The van der Waals surface area contributed by atoms with Crippen molar-refractivity contribution in [1.29, 1.82) is 0 Å². The van der Waals surface area contributed by atoms with Crippen molar-refractivity contribution < 1.29 is 14.3 Å². The summed E-state index contributed by atoms with van der Waals surface area (Å²) in [5, 5.41) is 5.55. The van der Waals surface area contributed by atoms with Gasteiger partial charge in [-0.15, -0.1) is 0 Å². The van der Waals surface area contributed by atoms with Crippen LogP contribution in [0, 0.1) is 5.41 Å². The Bertz CT molecular complexity index is 741. The van der Waals surface area contributed by atoms with Crippen molar-refractivity contribution in [2.24, 2.45) is 5.41 Å². The number of anilines is 1. The van der Waals surface area contributed by atoms with E-state index in [1.54, 1.807) is 56.6 Å². The molecule has 0 aliphatic heterocycles. The lowest BCUT2D eigenvalue weighted by molar-refractivity contribution is -0.138. The average molecular weight is 355 g/mol. The summed E-state index contributed by atoms with van der Waals surface area (Å²) in [6.45, 7) is 7.41. The van der Waals surface area contributed by atoms with Crippen LogP contribution < -0.4 is 15.4 Å². The molecule has 2 N–H and O–H groups in total. The molecule has 26 heavy (non-hydrogen) atoms. The van der Waals surface area contributed by atoms with Gasteiger partial charge < -0.3 is 15.4 Å². The Morgan fingerprint density at radius 2 is 1.81 bits per heavy atom. The van der Waals surface area contributed by atoms with Crippen LogP contribution in [0.3, 0.4) is 0 Å². The Morgan fingerprint density at radius 3 is 2.38 bits per heavy atom. The molecule has 6 nitrogen and oxygen atoms in total. The quantitative estimate of drug-likeness (QED) is 0.748. The average Bonchev–Trinajstić information content (AvgIpc) is 2.61. The van der Waals surface area contributed by atoms with E-state index in [9.17, 15) is 9.59 Å². The molecule has 1 aromatic carbocycles. The lowest BCUT2D eigenvalue weighted by Crippen LogP contribution is -2.44. The Balaban J connectivity index is 1.94. The fraction of sp³-hybridized carbons (Fsp3) is 0.350. The second-order valence-corrected chi connectivity index (χ2v) is 6.81. The van der Waals surface area contributed by atoms with Crippen LogP contribution in [0.15, 0.2) is 48.8 Å². The molecule has 2 aromatic rings. The van der Waals surface area contributed by atoms with Crippen LogP contribution in [0.4, 0.5) is 5.69 Å². The van der Waals surface area contributed by atoms with Crippen molar-refractivity contribution in [3.63, 3.8) is 0 Å². The van der Waals surface area contributed by atoms with Crippen molar-refractivity contribution in [1.82, 2.24) is 10.3 Å². The van der Waals surface area contributed by atoms with Gasteiger partial charge in [0.05, 0.1) is 6.10 Å². The topological polar surface area (TPSA) is 80.3 Å². The molecule has 1 heterocycles. The van der Waals surface area contributed by atoms with Crippen LogP contribution >= 0.6 is 0 Å². The molecule has 0 aliphatic carbocycles. The summed E-state index contributed by atoms with van der Waals surface area (Å²) >= 11 is 0. The number of ether oxygens (including phenoxy) is 1. The molecule has 2 amide bonds. The second kappa shape index (κ2) is 8.47. The van der Waals surface area contributed by atoms with Crippen molar-refractivity contribution in [3.05, 3.63) is 54.4 Å². The molecule has 0 saturated heterocycles. The number of carbonyl (C=O) groups is 2. The van der Waals surface area contributed by atoms with E-state index in [4.69, 9.17) is 4.74 Å². The number of amides is 2. The minimum absolute atomic E-state index is 0.0814. The van der Waals surface area contributed by atoms with Crippen molar-refractivity contribution >= 4 is 17.5 Å². The van der Waals surface area contributed by atoms with Gasteiger partial charge >= 0.3 is 0 Å². The molecule has 1 aromatic heterocycles. The van der Waals surface area contributed by atoms with Gasteiger partial charge in [0.15, 0.2) is 0 Å². The van der Waals surface area contributed by atoms with Crippen LogP contribution in [-0.2, 0) is 16.1 Å². The molecule has 0 spiro atoms. The Labute approximate surface area is 154 Å². The first-order valence-electron chi connectivity index (χ1n) is 8.54. The predicted octanol–water partition coefficient (Wildman–Crippen LogP) is 3.15. The van der Waals surface area contributed by atoms with E-state index < -0.39 is 5.41 Å². The van der Waals surface area contributed by atoms with E-state index in [0.717, 1.165) is 11.3 Å². The standard InChI is InChI=1S/C20H25N3O3/c1-14(2)26-17-9-7-16(8-10-17)23-19(25)20(3,4)18(24)22-13-15-6-5-11-21-12-15/h5-12,14H,13H2,1-4H3,(H,22,24)(H,23,25). The van der Waals surface area contributed by atoms with Gasteiger partial charge in [-0.05, 0) is 63.6 Å². The third kappa shape index (κ3) is 5.31. The Hall–Kier alpha value is -2.89. The lowest BCUT2D eigenvalue weighted by Gasteiger charge is -2.23. The van der Waals surface area contributed by atoms with E-state index in [0.29, 0.717) is 12.2 Å². The molecule has 138 valence electrons. The van der Waals surface area contributed by atoms with E-state index in [2.05, 4.69) is 15.6 Å². The molecular weight excluding hydrogens is 330 g/mol. The maximum atomic E-state index is 12.5. The predicted molar refractivity (Wildman–Crippen MR) is 101 cm³/mol. The summed E-state index contributed by atoms with van der Waals surface area (Å²) in [7, 11) is 0. The van der Waals surface area contributed by atoms with Crippen LogP contribution in [-0.4, -0.2) is 22.9 Å².